The van der Waals surface area contributed by atoms with Gasteiger partial charge in [0, 0.05) is 0 Å². The van der Waals surface area contributed by atoms with Gasteiger partial charge in [-0.05, 0) is 69.9 Å². The quantitative estimate of drug-likeness (QED) is 0.804. The van der Waals surface area contributed by atoms with E-state index < -0.39 is 0 Å². The zero-order valence-electron chi connectivity index (χ0n) is 13.4. The summed E-state index contributed by atoms with van der Waals surface area (Å²) in [5.41, 5.74) is 0.558. The molecule has 1 aliphatic heterocycles. The van der Waals surface area contributed by atoms with Gasteiger partial charge < -0.3 is 10.4 Å². The van der Waals surface area contributed by atoms with Crippen molar-refractivity contribution in [1.82, 2.24) is 5.32 Å². The first-order valence-corrected chi connectivity index (χ1v) is 8.62. The third-order valence-corrected chi connectivity index (χ3v) is 5.13. The Labute approximate surface area is 120 Å². The van der Waals surface area contributed by atoms with Crippen molar-refractivity contribution in [3.05, 3.63) is 0 Å². The summed E-state index contributed by atoms with van der Waals surface area (Å²) >= 11 is 0. The highest BCUT2D eigenvalue weighted by Crippen LogP contribution is 2.47. The van der Waals surface area contributed by atoms with Crippen molar-refractivity contribution < 1.29 is 5.11 Å². The van der Waals surface area contributed by atoms with E-state index in [1.165, 1.54) is 64.5 Å². The lowest BCUT2D eigenvalue weighted by molar-refractivity contribution is 0.0466. The van der Waals surface area contributed by atoms with Gasteiger partial charge in [0.25, 0.3) is 0 Å². The van der Waals surface area contributed by atoms with Gasteiger partial charge >= 0.3 is 0 Å². The fourth-order valence-corrected chi connectivity index (χ4v) is 4.00. The van der Waals surface area contributed by atoms with E-state index >= 15 is 0 Å². The number of hydrogen-bond acceptors (Lipinski definition) is 2. The smallest absolute Gasteiger partial charge is 0.0512 e. The van der Waals surface area contributed by atoms with Crippen molar-refractivity contribution in [3.63, 3.8) is 0 Å². The SMILES string of the molecule is CC.CC(O)CCC1(C2CCCCC2)CCNCC1. The molecule has 2 N–H and O–H groups in total. The maximum Gasteiger partial charge on any atom is 0.0512 e. The van der Waals surface area contributed by atoms with Gasteiger partial charge in [-0.3, -0.25) is 0 Å². The normalized spacial score (nSPS) is 25.3. The molecule has 1 saturated carbocycles. The summed E-state index contributed by atoms with van der Waals surface area (Å²) in [5.74, 6) is 0.942. The van der Waals surface area contributed by atoms with Gasteiger partial charge in [0.1, 0.15) is 0 Å². The fourth-order valence-electron chi connectivity index (χ4n) is 4.00. The summed E-state index contributed by atoms with van der Waals surface area (Å²) in [5, 5.41) is 13.1. The maximum absolute atomic E-state index is 9.58. The van der Waals surface area contributed by atoms with Gasteiger partial charge in [-0.25, -0.2) is 0 Å². The van der Waals surface area contributed by atoms with Crippen molar-refractivity contribution in [3.8, 4) is 0 Å². The standard InChI is InChI=1S/C15H29NO.C2H6/c1-13(17)7-8-15(9-11-16-12-10-15)14-5-3-2-4-6-14;1-2/h13-14,16-17H,2-12H2,1H3;1-2H3. The molecule has 19 heavy (non-hydrogen) atoms. The zero-order valence-corrected chi connectivity index (χ0v) is 13.4. The molecule has 1 unspecified atom stereocenters. The molecule has 1 heterocycles. The van der Waals surface area contributed by atoms with Crippen molar-refractivity contribution >= 4 is 0 Å². The van der Waals surface area contributed by atoms with E-state index in [-0.39, 0.29) is 6.10 Å². The van der Waals surface area contributed by atoms with Crippen LogP contribution in [0, 0.1) is 11.3 Å². The van der Waals surface area contributed by atoms with E-state index in [1.54, 1.807) is 0 Å². The molecular formula is C17H35NO. The molecule has 1 aliphatic carbocycles. The molecule has 2 fully saturated rings. The minimum absolute atomic E-state index is 0.120. The molecule has 0 bridgehead atoms. The Bertz CT molecular complexity index is 215. The lowest BCUT2D eigenvalue weighted by atomic mass is 9.62. The van der Waals surface area contributed by atoms with E-state index in [0.29, 0.717) is 5.41 Å². The zero-order chi connectivity index (χ0) is 14.1. The number of nitrogens with one attached hydrogen (secondary N) is 1. The van der Waals surface area contributed by atoms with Crippen molar-refractivity contribution in [2.75, 3.05) is 13.1 Å². The highest BCUT2D eigenvalue weighted by atomic mass is 16.3. The lowest BCUT2D eigenvalue weighted by Crippen LogP contribution is -2.42. The summed E-state index contributed by atoms with van der Waals surface area (Å²) in [6, 6.07) is 0. The average molecular weight is 269 g/mol. The molecule has 1 saturated heterocycles. The molecule has 0 aromatic heterocycles. The highest BCUT2D eigenvalue weighted by molar-refractivity contribution is 4.91. The van der Waals surface area contributed by atoms with Gasteiger partial charge in [-0.2, -0.15) is 0 Å². The second kappa shape index (κ2) is 8.97. The van der Waals surface area contributed by atoms with Gasteiger partial charge in [0.15, 0.2) is 0 Å². The van der Waals surface area contributed by atoms with Gasteiger partial charge in [0.05, 0.1) is 6.10 Å². The third kappa shape index (κ3) is 5.07. The minimum Gasteiger partial charge on any atom is -0.393 e. The predicted octanol–water partition coefficient (Wildman–Crippen LogP) is 4.12. The Balaban J connectivity index is 0.000000861. The fraction of sp³-hybridized carbons (Fsp3) is 1.00. The molecule has 0 radical (unpaired) electrons. The van der Waals surface area contributed by atoms with E-state index in [1.807, 2.05) is 20.8 Å². The van der Waals surface area contributed by atoms with Gasteiger partial charge in [-0.1, -0.05) is 33.1 Å². The molecule has 0 amide bonds. The van der Waals surface area contributed by atoms with Crippen molar-refractivity contribution in [1.29, 1.82) is 0 Å². The first-order chi connectivity index (χ1) is 9.23. The Morgan fingerprint density at radius 3 is 2.21 bits per heavy atom. The van der Waals surface area contributed by atoms with Crippen LogP contribution in [-0.2, 0) is 0 Å². The Morgan fingerprint density at radius 2 is 1.68 bits per heavy atom. The number of aliphatic hydroxyl groups excluding tert-OH is 1. The van der Waals surface area contributed by atoms with Crippen molar-refractivity contribution in [2.24, 2.45) is 11.3 Å². The van der Waals surface area contributed by atoms with Gasteiger partial charge in [-0.15, -0.1) is 0 Å². The Kier molecular flexibility index (Phi) is 8.01. The largest absolute Gasteiger partial charge is 0.393 e. The second-order valence-electron chi connectivity index (χ2n) is 6.34. The van der Waals surface area contributed by atoms with E-state index in [0.717, 1.165) is 12.3 Å². The minimum atomic E-state index is -0.120. The van der Waals surface area contributed by atoms with E-state index in [4.69, 9.17) is 0 Å². The summed E-state index contributed by atoms with van der Waals surface area (Å²) in [6.07, 6.45) is 12.0. The number of aliphatic hydroxyl groups is 1. The molecule has 1 atom stereocenters. The van der Waals surface area contributed by atoms with Crippen LogP contribution in [0.4, 0.5) is 0 Å². The molecule has 0 aromatic rings. The van der Waals surface area contributed by atoms with Crippen LogP contribution >= 0.6 is 0 Å². The third-order valence-electron chi connectivity index (χ3n) is 5.13. The van der Waals surface area contributed by atoms with Gasteiger partial charge in [0.2, 0.25) is 0 Å². The maximum atomic E-state index is 9.58. The Hall–Kier alpha value is -0.0800. The van der Waals surface area contributed by atoms with Crippen LogP contribution in [0.2, 0.25) is 0 Å². The first kappa shape index (κ1) is 17.0. The molecule has 2 heteroatoms. The van der Waals surface area contributed by atoms with Crippen LogP contribution in [0.5, 0.6) is 0 Å². The number of hydrogen-bond donors (Lipinski definition) is 2. The Morgan fingerprint density at radius 1 is 1.11 bits per heavy atom. The topological polar surface area (TPSA) is 32.3 Å². The summed E-state index contributed by atoms with van der Waals surface area (Å²) in [7, 11) is 0. The van der Waals surface area contributed by atoms with Crippen LogP contribution in [0.1, 0.15) is 78.6 Å². The van der Waals surface area contributed by atoms with E-state index in [2.05, 4.69) is 5.32 Å². The monoisotopic (exact) mass is 269 g/mol. The molecule has 114 valence electrons. The molecule has 0 aromatic carbocycles. The summed E-state index contributed by atoms with van der Waals surface area (Å²) in [4.78, 5) is 0. The average Bonchev–Trinajstić information content (AvgIpc) is 2.49. The first-order valence-electron chi connectivity index (χ1n) is 8.62. The predicted molar refractivity (Wildman–Crippen MR) is 83.4 cm³/mol. The van der Waals surface area contributed by atoms with E-state index in [9.17, 15) is 5.11 Å². The molecule has 2 aliphatic rings. The van der Waals surface area contributed by atoms with Crippen LogP contribution in [0.25, 0.3) is 0 Å². The van der Waals surface area contributed by atoms with Crippen LogP contribution in [0.3, 0.4) is 0 Å². The molecule has 0 spiro atoms. The van der Waals surface area contributed by atoms with Crippen molar-refractivity contribution in [2.45, 2.75) is 84.7 Å². The van der Waals surface area contributed by atoms with Crippen LogP contribution in [-0.4, -0.2) is 24.3 Å². The highest BCUT2D eigenvalue weighted by Gasteiger charge is 2.39. The number of rotatable bonds is 4. The molecular weight excluding hydrogens is 234 g/mol. The number of piperidine rings is 1. The lowest BCUT2D eigenvalue weighted by Gasteiger charge is -2.46. The molecule has 2 nitrogen and oxygen atoms in total. The summed E-state index contributed by atoms with van der Waals surface area (Å²) < 4.78 is 0. The van der Waals surface area contributed by atoms with Crippen LogP contribution in [0.15, 0.2) is 0 Å². The second-order valence-corrected chi connectivity index (χ2v) is 6.34. The van der Waals surface area contributed by atoms with Crippen LogP contribution < -0.4 is 5.32 Å². The molecule has 2 rings (SSSR count). The summed E-state index contributed by atoms with van der Waals surface area (Å²) in [6.45, 7) is 8.32.